The van der Waals surface area contributed by atoms with Gasteiger partial charge in [0.25, 0.3) is 5.91 Å². The van der Waals surface area contributed by atoms with Crippen LogP contribution in [0.25, 0.3) is 0 Å². The second-order valence-electron chi connectivity index (χ2n) is 11.0. The quantitative estimate of drug-likeness (QED) is 0.258. The summed E-state index contributed by atoms with van der Waals surface area (Å²) in [6, 6.07) is 6.99. The molecule has 10 nitrogen and oxygen atoms in total. The molecule has 0 aliphatic carbocycles. The second-order valence-corrected chi connectivity index (χ2v) is 11.0. The number of ketones is 1. The summed E-state index contributed by atoms with van der Waals surface area (Å²) in [6.07, 6.45) is 0.785. The zero-order chi connectivity index (χ0) is 30.5. The van der Waals surface area contributed by atoms with Crippen LogP contribution in [0.5, 0.6) is 11.5 Å². The summed E-state index contributed by atoms with van der Waals surface area (Å²) in [5.41, 5.74) is 3.19. The van der Waals surface area contributed by atoms with Crippen LogP contribution < -0.4 is 19.7 Å². The molecule has 2 aromatic carbocycles. The molecule has 1 aliphatic rings. The molecule has 0 saturated heterocycles. The van der Waals surface area contributed by atoms with Crippen molar-refractivity contribution in [1.82, 2.24) is 10.2 Å². The van der Waals surface area contributed by atoms with Gasteiger partial charge < -0.3 is 29.7 Å². The second kappa shape index (κ2) is 14.5. The maximum atomic E-state index is 13.8. The topological polar surface area (TPSA) is 132 Å². The summed E-state index contributed by atoms with van der Waals surface area (Å²) in [6.45, 7) is 13.5. The first kappa shape index (κ1) is 34.6. The van der Waals surface area contributed by atoms with Crippen LogP contribution in [-0.2, 0) is 16.8 Å². The number of carboxylic acid groups (broad SMARTS) is 1. The van der Waals surface area contributed by atoms with Gasteiger partial charge in [-0.1, -0.05) is 27.7 Å². The van der Waals surface area contributed by atoms with Gasteiger partial charge in [-0.2, -0.15) is 0 Å². The van der Waals surface area contributed by atoms with E-state index < -0.39 is 18.0 Å². The smallest absolute Gasteiger partial charge is 0.341 e. The van der Waals surface area contributed by atoms with Crippen molar-refractivity contribution in [1.29, 1.82) is 5.41 Å². The van der Waals surface area contributed by atoms with Crippen LogP contribution in [0, 0.1) is 5.41 Å². The van der Waals surface area contributed by atoms with E-state index in [1.807, 2.05) is 46.4 Å². The molecule has 0 spiro atoms. The molecule has 42 heavy (non-hydrogen) atoms. The average Bonchev–Trinajstić information content (AvgIpc) is 3.23. The van der Waals surface area contributed by atoms with Gasteiger partial charge in [0, 0.05) is 43.4 Å². The van der Waals surface area contributed by atoms with Crippen LogP contribution in [0.1, 0.15) is 85.4 Å². The number of benzene rings is 2. The molecule has 0 unspecified atom stereocenters. The Labute approximate surface area is 258 Å². The van der Waals surface area contributed by atoms with Crippen LogP contribution in [-0.4, -0.2) is 73.4 Å². The van der Waals surface area contributed by atoms with Crippen molar-refractivity contribution in [3.05, 3.63) is 52.1 Å². The van der Waals surface area contributed by atoms with Gasteiger partial charge in [0.2, 0.25) is 0 Å². The van der Waals surface area contributed by atoms with Crippen LogP contribution >= 0.6 is 17.0 Å². The molecule has 1 amide bonds. The first-order valence-electron chi connectivity index (χ1n) is 14.0. The number of nitrogens with one attached hydrogen (secondary N) is 2. The first-order valence-corrected chi connectivity index (χ1v) is 14.0. The van der Waals surface area contributed by atoms with Crippen molar-refractivity contribution in [3.63, 3.8) is 0 Å². The predicted molar refractivity (Wildman–Crippen MR) is 169 cm³/mol. The van der Waals surface area contributed by atoms with E-state index >= 15 is 0 Å². The Bertz CT molecular complexity index is 1330. The monoisotopic (exact) mass is 646 g/mol. The number of hydrogen-bond donors (Lipinski definition) is 3. The van der Waals surface area contributed by atoms with E-state index in [1.165, 1.54) is 0 Å². The molecular weight excluding hydrogens is 604 g/mol. The summed E-state index contributed by atoms with van der Waals surface area (Å²) < 4.78 is 11.6. The van der Waals surface area contributed by atoms with Crippen LogP contribution in [0.15, 0.2) is 24.3 Å². The van der Waals surface area contributed by atoms with E-state index in [0.29, 0.717) is 60.1 Å². The number of amidine groups is 1. The van der Waals surface area contributed by atoms with E-state index in [0.717, 1.165) is 17.5 Å². The zero-order valence-corrected chi connectivity index (χ0v) is 27.3. The fourth-order valence-corrected chi connectivity index (χ4v) is 4.89. The number of ether oxygens (including phenoxy) is 2. The average molecular weight is 648 g/mol. The largest absolute Gasteiger partial charge is 0.493 e. The molecule has 3 N–H and O–H groups in total. The first-order chi connectivity index (χ1) is 19.4. The lowest BCUT2D eigenvalue weighted by Crippen LogP contribution is -2.31. The summed E-state index contributed by atoms with van der Waals surface area (Å²) in [5.74, 6) is -0.470. The lowest BCUT2D eigenvalue weighted by Gasteiger charge is -2.30. The Balaban J connectivity index is 0.00000616. The normalized spacial score (nSPS) is 12.4. The Morgan fingerprint density at radius 3 is 2.29 bits per heavy atom. The number of Topliss-reactive ketones (excluding diaryl/α,β-unsaturated/α-hetero) is 1. The molecule has 0 atom stereocenters. The lowest BCUT2D eigenvalue weighted by atomic mass is 9.84. The summed E-state index contributed by atoms with van der Waals surface area (Å²) in [7, 11) is 1.55. The Morgan fingerprint density at radius 2 is 1.74 bits per heavy atom. The minimum absolute atomic E-state index is 0. The Kier molecular flexibility index (Phi) is 12.0. The van der Waals surface area contributed by atoms with E-state index in [-0.39, 0.29) is 41.1 Å². The highest BCUT2D eigenvalue weighted by Crippen LogP contribution is 2.41. The molecular formula is C31H43BrN4O6. The van der Waals surface area contributed by atoms with Crippen molar-refractivity contribution >= 4 is 46.2 Å². The van der Waals surface area contributed by atoms with E-state index in [2.05, 4.69) is 5.32 Å². The predicted octanol–water partition coefficient (Wildman–Crippen LogP) is 5.04. The molecule has 3 rings (SSSR count). The van der Waals surface area contributed by atoms with Gasteiger partial charge in [-0.05, 0) is 55.5 Å². The third-order valence-corrected chi connectivity index (χ3v) is 7.05. The van der Waals surface area contributed by atoms with Crippen molar-refractivity contribution in [2.45, 2.75) is 59.9 Å². The van der Waals surface area contributed by atoms with Gasteiger partial charge in [-0.15, -0.1) is 17.0 Å². The van der Waals surface area contributed by atoms with E-state index in [4.69, 9.17) is 14.9 Å². The van der Waals surface area contributed by atoms with Crippen molar-refractivity contribution in [3.8, 4) is 11.5 Å². The third-order valence-electron chi connectivity index (χ3n) is 7.05. The lowest BCUT2D eigenvalue weighted by molar-refractivity contribution is -0.139. The maximum absolute atomic E-state index is 13.8. The van der Waals surface area contributed by atoms with E-state index in [9.17, 15) is 19.5 Å². The number of rotatable bonds is 13. The number of anilines is 1. The number of halogens is 1. The highest BCUT2D eigenvalue weighted by atomic mass is 79.9. The summed E-state index contributed by atoms with van der Waals surface area (Å²) in [5, 5.41) is 20.7. The molecule has 2 aromatic rings. The Morgan fingerprint density at radius 1 is 1.07 bits per heavy atom. The van der Waals surface area contributed by atoms with Gasteiger partial charge in [-0.25, -0.2) is 4.79 Å². The fraction of sp³-hybridized carbons (Fsp3) is 0.484. The molecule has 0 radical (unpaired) electrons. The van der Waals surface area contributed by atoms with Crippen molar-refractivity contribution in [2.75, 3.05) is 44.8 Å². The number of amides is 1. The minimum atomic E-state index is -1.08. The highest BCUT2D eigenvalue weighted by molar-refractivity contribution is 8.93. The molecule has 0 saturated carbocycles. The SMILES string of the molecule is Br.CCCOc1cc2c(cc1C(=O)NC)C(=N)N(CC(=O)c1cc(N(CC)CC)c(OCC(=O)O)c(C(C)(C)C)c1)C2. The number of carboxylic acids is 1. The standard InChI is InChI=1S/C31H42N4O6.BrH/c1-8-11-40-26-14-20-16-35(29(32)21(20)15-22(26)30(39)33-7)17-25(36)19-12-23(31(4,5)6)28(41-18-27(37)38)24(13-19)34(9-2)10-3;/h12-15,32H,8-11,16-18H2,1-7H3,(H,33,39)(H,37,38);1H. The number of aliphatic carboxylic acids is 1. The minimum Gasteiger partial charge on any atom is -0.493 e. The highest BCUT2D eigenvalue weighted by Gasteiger charge is 2.31. The van der Waals surface area contributed by atoms with Gasteiger partial charge in [0.05, 0.1) is 24.4 Å². The van der Waals surface area contributed by atoms with Crippen LogP contribution in [0.2, 0.25) is 0 Å². The van der Waals surface area contributed by atoms with Crippen molar-refractivity contribution in [2.24, 2.45) is 0 Å². The number of hydrogen-bond acceptors (Lipinski definition) is 7. The number of nitrogens with zero attached hydrogens (tertiary/aromatic N) is 2. The number of fused-ring (bicyclic) bond motifs is 1. The number of carbonyl (C=O) groups excluding carboxylic acids is 2. The number of carbonyl (C=O) groups is 3. The van der Waals surface area contributed by atoms with Gasteiger partial charge >= 0.3 is 5.97 Å². The zero-order valence-electron chi connectivity index (χ0n) is 25.6. The summed E-state index contributed by atoms with van der Waals surface area (Å²) >= 11 is 0. The maximum Gasteiger partial charge on any atom is 0.341 e. The van der Waals surface area contributed by atoms with Gasteiger partial charge in [0.15, 0.2) is 12.4 Å². The molecule has 230 valence electrons. The molecule has 0 aromatic heterocycles. The van der Waals surface area contributed by atoms with Crippen LogP contribution in [0.4, 0.5) is 5.69 Å². The molecule has 1 aliphatic heterocycles. The van der Waals surface area contributed by atoms with Crippen LogP contribution in [0.3, 0.4) is 0 Å². The summed E-state index contributed by atoms with van der Waals surface area (Å²) in [4.78, 5) is 41.4. The Hall–Kier alpha value is -3.60. The van der Waals surface area contributed by atoms with Gasteiger partial charge in [0.1, 0.15) is 17.3 Å². The fourth-order valence-electron chi connectivity index (χ4n) is 4.89. The van der Waals surface area contributed by atoms with E-state index in [1.54, 1.807) is 36.2 Å². The molecule has 0 fully saturated rings. The molecule has 1 heterocycles. The third kappa shape index (κ3) is 7.61. The van der Waals surface area contributed by atoms with Gasteiger partial charge in [-0.3, -0.25) is 15.0 Å². The molecule has 0 bridgehead atoms. The van der Waals surface area contributed by atoms with Crippen molar-refractivity contribution < 1.29 is 29.0 Å². The molecule has 11 heteroatoms.